The zero-order chi connectivity index (χ0) is 19.2. The summed E-state index contributed by atoms with van der Waals surface area (Å²) in [7, 11) is 1.77. The summed E-state index contributed by atoms with van der Waals surface area (Å²) in [4.78, 5) is 9.06. The maximum absolute atomic E-state index is 13.4. The Morgan fingerprint density at radius 2 is 2.00 bits per heavy atom. The summed E-state index contributed by atoms with van der Waals surface area (Å²) in [5.41, 5.74) is 0.739. The van der Waals surface area contributed by atoms with Gasteiger partial charge in [-0.3, -0.25) is 4.99 Å². The number of aryl methyl sites for hydroxylation is 1. The van der Waals surface area contributed by atoms with Gasteiger partial charge in [-0.2, -0.15) is 0 Å². The molecule has 0 radical (unpaired) electrons. The number of hydrogen-bond acceptors (Lipinski definition) is 3. The molecule has 0 aliphatic carbocycles. The molecule has 1 aliphatic heterocycles. The first-order valence-electron chi connectivity index (χ1n) is 9.31. The summed E-state index contributed by atoms with van der Waals surface area (Å²) in [6.45, 7) is 5.38. The van der Waals surface area contributed by atoms with Gasteiger partial charge in [0.1, 0.15) is 0 Å². The Balaban J connectivity index is 1.45. The van der Waals surface area contributed by atoms with Crippen molar-refractivity contribution in [1.29, 1.82) is 0 Å². The smallest absolute Gasteiger partial charge is 0.191 e. The lowest BCUT2D eigenvalue weighted by Crippen LogP contribution is -2.39. The molecule has 1 saturated heterocycles. The van der Waals surface area contributed by atoms with Crippen LogP contribution in [0.25, 0.3) is 0 Å². The number of nitrogens with one attached hydrogen (secondary N) is 2. The van der Waals surface area contributed by atoms with Gasteiger partial charge in [0.05, 0.1) is 6.54 Å². The van der Waals surface area contributed by atoms with Crippen LogP contribution >= 0.6 is 11.3 Å². The molecule has 0 amide bonds. The fraction of sp³-hybridized carbons (Fsp3) is 0.450. The second-order valence-electron chi connectivity index (χ2n) is 6.73. The highest BCUT2D eigenvalue weighted by atomic mass is 32.1. The summed E-state index contributed by atoms with van der Waals surface area (Å²) in [5, 5.41) is 6.73. The molecule has 2 aromatic rings. The molecule has 0 spiro atoms. The van der Waals surface area contributed by atoms with Crippen molar-refractivity contribution < 1.29 is 8.78 Å². The summed E-state index contributed by atoms with van der Waals surface area (Å²) in [6.07, 6.45) is 2.07. The Bertz CT molecular complexity index is 790. The normalized spacial score (nSPS) is 17.4. The van der Waals surface area contributed by atoms with Crippen molar-refractivity contribution in [3.63, 3.8) is 0 Å². The zero-order valence-electron chi connectivity index (χ0n) is 15.8. The molecular weight excluding hydrogens is 366 g/mol. The lowest BCUT2D eigenvalue weighted by molar-refractivity contribution is 0.508. The van der Waals surface area contributed by atoms with Gasteiger partial charge in [0.15, 0.2) is 17.6 Å². The zero-order valence-corrected chi connectivity index (χ0v) is 16.6. The molecule has 0 saturated carbocycles. The second-order valence-corrected chi connectivity index (χ2v) is 7.98. The van der Waals surface area contributed by atoms with E-state index in [2.05, 4.69) is 39.6 Å². The Kier molecular flexibility index (Phi) is 6.66. The van der Waals surface area contributed by atoms with Crippen LogP contribution in [0.2, 0.25) is 0 Å². The fourth-order valence-electron chi connectivity index (χ4n) is 3.26. The van der Waals surface area contributed by atoms with Crippen LogP contribution in [-0.4, -0.2) is 32.6 Å². The first kappa shape index (κ1) is 19.6. The molecule has 1 fully saturated rings. The molecule has 1 aromatic carbocycles. The third kappa shape index (κ3) is 5.19. The van der Waals surface area contributed by atoms with Gasteiger partial charge in [-0.25, -0.2) is 8.78 Å². The maximum atomic E-state index is 13.4. The second kappa shape index (κ2) is 9.17. The summed E-state index contributed by atoms with van der Waals surface area (Å²) in [6, 6.07) is 8.43. The van der Waals surface area contributed by atoms with Crippen molar-refractivity contribution in [3.05, 3.63) is 51.7 Å². The Hall–Kier alpha value is -2.15. The Morgan fingerprint density at radius 1 is 1.19 bits per heavy atom. The van der Waals surface area contributed by atoms with Crippen LogP contribution in [0.5, 0.6) is 0 Å². The summed E-state index contributed by atoms with van der Waals surface area (Å²) >= 11 is 1.82. The number of aliphatic imine (C=N–C) groups is 1. The molecule has 1 aliphatic rings. The van der Waals surface area contributed by atoms with E-state index in [-0.39, 0.29) is 0 Å². The highest BCUT2D eigenvalue weighted by molar-refractivity contribution is 7.11. The van der Waals surface area contributed by atoms with Gasteiger partial charge >= 0.3 is 0 Å². The molecular formula is C20H26F2N4S. The Labute approximate surface area is 163 Å². The van der Waals surface area contributed by atoms with Gasteiger partial charge in [-0.05, 0) is 43.0 Å². The number of halogens is 2. The van der Waals surface area contributed by atoms with E-state index in [0.29, 0.717) is 5.92 Å². The first-order chi connectivity index (χ1) is 13.1. The van der Waals surface area contributed by atoms with Gasteiger partial charge in [-0.15, -0.1) is 11.3 Å². The van der Waals surface area contributed by atoms with Crippen LogP contribution in [0.4, 0.5) is 14.5 Å². The first-order valence-corrected chi connectivity index (χ1v) is 10.1. The minimum atomic E-state index is -0.803. The molecule has 27 heavy (non-hydrogen) atoms. The van der Waals surface area contributed by atoms with Crippen LogP contribution in [0.1, 0.15) is 23.1 Å². The van der Waals surface area contributed by atoms with E-state index in [1.807, 2.05) is 11.3 Å². The maximum Gasteiger partial charge on any atom is 0.191 e. The van der Waals surface area contributed by atoms with Crippen molar-refractivity contribution in [2.45, 2.75) is 26.3 Å². The SMILES string of the molecule is CCc1ccc(CNC(=NC)NCC2CCN(c3ccc(F)c(F)c3)C2)s1. The molecule has 4 nitrogen and oxygen atoms in total. The number of thiophene rings is 1. The van der Waals surface area contributed by atoms with Gasteiger partial charge in [0.25, 0.3) is 0 Å². The molecule has 1 unspecified atom stereocenters. The average molecular weight is 393 g/mol. The van der Waals surface area contributed by atoms with Crippen LogP contribution in [-0.2, 0) is 13.0 Å². The largest absolute Gasteiger partial charge is 0.371 e. The van der Waals surface area contributed by atoms with E-state index in [0.717, 1.165) is 50.7 Å². The van der Waals surface area contributed by atoms with Gasteiger partial charge < -0.3 is 15.5 Å². The predicted octanol–water partition coefficient (Wildman–Crippen LogP) is 3.78. The molecule has 2 N–H and O–H groups in total. The van der Waals surface area contributed by atoms with Gasteiger partial charge in [-0.1, -0.05) is 6.92 Å². The number of hydrogen-bond donors (Lipinski definition) is 2. The third-order valence-electron chi connectivity index (χ3n) is 4.83. The standard InChI is InChI=1S/C20H26F2N4S/c1-3-16-5-6-17(27-16)12-25-20(23-2)24-11-14-8-9-26(13-14)15-4-7-18(21)19(22)10-15/h4-7,10,14H,3,8-9,11-13H2,1-2H3,(H2,23,24,25). The number of benzene rings is 1. The Morgan fingerprint density at radius 3 is 2.70 bits per heavy atom. The molecule has 1 atom stereocenters. The number of nitrogens with zero attached hydrogens (tertiary/aromatic N) is 2. The molecule has 1 aromatic heterocycles. The van der Waals surface area contributed by atoms with Crippen LogP contribution in [0, 0.1) is 17.6 Å². The van der Waals surface area contributed by atoms with E-state index < -0.39 is 11.6 Å². The molecule has 2 heterocycles. The summed E-state index contributed by atoms with van der Waals surface area (Å²) in [5.74, 6) is -0.376. The predicted molar refractivity (Wildman–Crippen MR) is 109 cm³/mol. The van der Waals surface area contributed by atoms with Gasteiger partial charge in [0.2, 0.25) is 0 Å². The topological polar surface area (TPSA) is 39.7 Å². The highest BCUT2D eigenvalue weighted by Gasteiger charge is 2.23. The van der Waals surface area contributed by atoms with Crippen molar-refractivity contribution in [3.8, 4) is 0 Å². The average Bonchev–Trinajstić information content (AvgIpc) is 3.33. The van der Waals surface area contributed by atoms with Crippen molar-refractivity contribution >= 4 is 23.0 Å². The van der Waals surface area contributed by atoms with E-state index in [1.54, 1.807) is 13.1 Å². The monoisotopic (exact) mass is 392 g/mol. The number of rotatable bonds is 6. The van der Waals surface area contributed by atoms with Crippen molar-refractivity contribution in [1.82, 2.24) is 10.6 Å². The summed E-state index contributed by atoms with van der Waals surface area (Å²) < 4.78 is 26.5. The van der Waals surface area contributed by atoms with Crippen molar-refractivity contribution in [2.75, 3.05) is 31.6 Å². The molecule has 3 rings (SSSR count). The number of guanidine groups is 1. The molecule has 146 valence electrons. The fourth-order valence-corrected chi connectivity index (χ4v) is 4.15. The van der Waals surface area contributed by atoms with E-state index >= 15 is 0 Å². The van der Waals surface area contributed by atoms with E-state index in [9.17, 15) is 8.78 Å². The lowest BCUT2D eigenvalue weighted by Gasteiger charge is -2.19. The van der Waals surface area contributed by atoms with Crippen molar-refractivity contribution in [2.24, 2.45) is 10.9 Å². The lowest BCUT2D eigenvalue weighted by atomic mass is 10.1. The minimum Gasteiger partial charge on any atom is -0.371 e. The molecule has 7 heteroatoms. The quantitative estimate of drug-likeness (QED) is 0.581. The molecule has 0 bridgehead atoms. The third-order valence-corrected chi connectivity index (χ3v) is 6.06. The number of anilines is 1. The van der Waals surface area contributed by atoms with Crippen LogP contribution in [0.15, 0.2) is 35.3 Å². The van der Waals surface area contributed by atoms with Crippen LogP contribution < -0.4 is 15.5 Å². The minimum absolute atomic E-state index is 0.435. The highest BCUT2D eigenvalue weighted by Crippen LogP contribution is 2.25. The van der Waals surface area contributed by atoms with E-state index in [4.69, 9.17) is 0 Å². The van der Waals surface area contributed by atoms with Crippen LogP contribution in [0.3, 0.4) is 0 Å². The van der Waals surface area contributed by atoms with Gasteiger partial charge in [0, 0.05) is 48.2 Å². The van der Waals surface area contributed by atoms with E-state index in [1.165, 1.54) is 21.9 Å².